The first-order valence-corrected chi connectivity index (χ1v) is 6.70. The maximum absolute atomic E-state index is 12.1. The number of likely N-dealkylation sites (tertiary alicyclic amines) is 1. The molecule has 1 aliphatic rings. The molecule has 1 fully saturated rings. The molecule has 1 heterocycles. The van der Waals surface area contributed by atoms with Gasteiger partial charge in [-0.05, 0) is 52.5 Å². The number of carbonyl (C=O) groups excluding carboxylic acids is 2. The lowest BCUT2D eigenvalue weighted by Crippen LogP contribution is -2.62. The van der Waals surface area contributed by atoms with Crippen LogP contribution in [0.5, 0.6) is 0 Å². The number of amides is 1. The first kappa shape index (κ1) is 15.7. The van der Waals surface area contributed by atoms with Gasteiger partial charge < -0.3 is 9.64 Å². The van der Waals surface area contributed by atoms with Gasteiger partial charge in [0.15, 0.2) is 0 Å². The summed E-state index contributed by atoms with van der Waals surface area (Å²) in [6, 6.07) is 0. The van der Waals surface area contributed by atoms with Gasteiger partial charge in [0.2, 0.25) is 5.91 Å². The number of hydrogen-bond acceptors (Lipinski definition) is 3. The summed E-state index contributed by atoms with van der Waals surface area (Å²) in [5.41, 5.74) is -0.532. The highest BCUT2D eigenvalue weighted by Crippen LogP contribution is 2.41. The summed E-state index contributed by atoms with van der Waals surface area (Å²) >= 11 is 0. The smallest absolute Gasteiger partial charge is 0.302 e. The maximum atomic E-state index is 12.1. The van der Waals surface area contributed by atoms with Gasteiger partial charge in [0.05, 0.1) is 6.61 Å². The van der Waals surface area contributed by atoms with Gasteiger partial charge in [0.1, 0.15) is 0 Å². The maximum Gasteiger partial charge on any atom is 0.302 e. The van der Waals surface area contributed by atoms with Gasteiger partial charge in [-0.1, -0.05) is 6.58 Å². The average molecular weight is 267 g/mol. The van der Waals surface area contributed by atoms with Crippen molar-refractivity contribution in [3.05, 3.63) is 12.7 Å². The van der Waals surface area contributed by atoms with Crippen LogP contribution in [0.2, 0.25) is 0 Å². The van der Waals surface area contributed by atoms with Crippen LogP contribution >= 0.6 is 0 Å². The van der Waals surface area contributed by atoms with Crippen LogP contribution in [-0.4, -0.2) is 34.5 Å². The summed E-state index contributed by atoms with van der Waals surface area (Å²) in [5.74, 6) is -0.0103. The highest BCUT2D eigenvalue weighted by Gasteiger charge is 2.47. The Morgan fingerprint density at radius 2 is 1.74 bits per heavy atom. The number of piperidine rings is 1. The summed E-state index contributed by atoms with van der Waals surface area (Å²) in [5, 5.41) is 0. The molecule has 0 saturated carbocycles. The highest BCUT2D eigenvalue weighted by molar-refractivity contribution is 5.88. The molecule has 1 amide bonds. The largest absolute Gasteiger partial charge is 0.466 e. The van der Waals surface area contributed by atoms with Crippen LogP contribution < -0.4 is 0 Å². The minimum atomic E-state index is -0.266. The van der Waals surface area contributed by atoms with Gasteiger partial charge in [0, 0.05) is 18.0 Å². The van der Waals surface area contributed by atoms with Gasteiger partial charge in [-0.2, -0.15) is 0 Å². The zero-order valence-electron chi connectivity index (χ0n) is 12.7. The number of nitrogens with zero attached hydrogens (tertiary/aromatic N) is 1. The Morgan fingerprint density at radius 3 is 2.11 bits per heavy atom. The Hall–Kier alpha value is -1.32. The molecule has 0 aromatic carbocycles. The van der Waals surface area contributed by atoms with E-state index in [4.69, 9.17) is 4.74 Å². The Bertz CT molecular complexity index is 367. The minimum Gasteiger partial charge on any atom is -0.466 e. The van der Waals surface area contributed by atoms with E-state index in [1.165, 1.54) is 13.0 Å². The van der Waals surface area contributed by atoms with Gasteiger partial charge in [-0.15, -0.1) is 0 Å². The molecule has 4 nitrogen and oxygen atoms in total. The van der Waals surface area contributed by atoms with E-state index in [1.54, 1.807) is 0 Å². The molecule has 0 aromatic heterocycles. The van der Waals surface area contributed by atoms with Crippen molar-refractivity contribution in [2.24, 2.45) is 5.92 Å². The molecular formula is C15H25NO3. The lowest BCUT2D eigenvalue weighted by atomic mass is 9.74. The predicted molar refractivity (Wildman–Crippen MR) is 74.6 cm³/mol. The minimum absolute atomic E-state index is 0.0408. The third-order valence-electron chi connectivity index (χ3n) is 3.70. The fraction of sp³-hybridized carbons (Fsp3) is 0.733. The molecule has 108 valence electrons. The van der Waals surface area contributed by atoms with E-state index in [0.29, 0.717) is 6.61 Å². The van der Waals surface area contributed by atoms with Crippen molar-refractivity contribution in [2.75, 3.05) is 6.61 Å². The third-order valence-corrected chi connectivity index (χ3v) is 3.70. The molecule has 0 aliphatic carbocycles. The SMILES string of the molecule is C=CC(=O)N1C(C)(C)CC(COC(C)=O)CC1(C)C. The van der Waals surface area contributed by atoms with Gasteiger partial charge >= 0.3 is 5.97 Å². The number of esters is 1. The predicted octanol–water partition coefficient (Wildman–Crippen LogP) is 2.53. The van der Waals surface area contributed by atoms with Gasteiger partial charge in [-0.25, -0.2) is 0 Å². The standard InChI is InChI=1S/C15H25NO3/c1-7-13(18)16-14(3,4)8-12(9-15(16,5)6)10-19-11(2)17/h7,12H,1,8-10H2,2-6H3. The molecule has 4 heteroatoms. The molecule has 0 atom stereocenters. The fourth-order valence-electron chi connectivity index (χ4n) is 3.53. The van der Waals surface area contributed by atoms with E-state index in [2.05, 4.69) is 34.3 Å². The van der Waals surface area contributed by atoms with Crippen LogP contribution in [0.15, 0.2) is 12.7 Å². The van der Waals surface area contributed by atoms with Gasteiger partial charge in [-0.3, -0.25) is 9.59 Å². The molecule has 0 radical (unpaired) electrons. The molecule has 1 saturated heterocycles. The summed E-state index contributed by atoms with van der Waals surface area (Å²) in [6.45, 7) is 13.6. The molecule has 0 unspecified atom stereocenters. The lowest BCUT2D eigenvalue weighted by Gasteiger charge is -2.55. The molecule has 0 aromatic rings. The van der Waals surface area contributed by atoms with Crippen LogP contribution in [0, 0.1) is 5.92 Å². The summed E-state index contributed by atoms with van der Waals surface area (Å²) in [4.78, 5) is 24.9. The Labute approximate surface area is 115 Å². The molecule has 1 rings (SSSR count). The second-order valence-corrected chi connectivity index (χ2v) is 6.58. The van der Waals surface area contributed by atoms with Crippen molar-refractivity contribution >= 4 is 11.9 Å². The van der Waals surface area contributed by atoms with Gasteiger partial charge in [0.25, 0.3) is 0 Å². The average Bonchev–Trinajstić information content (AvgIpc) is 2.22. The first-order valence-electron chi connectivity index (χ1n) is 6.70. The second kappa shape index (κ2) is 5.35. The van der Waals surface area contributed by atoms with Crippen LogP contribution in [0.25, 0.3) is 0 Å². The van der Waals surface area contributed by atoms with E-state index in [0.717, 1.165) is 12.8 Å². The summed E-state index contributed by atoms with van der Waals surface area (Å²) in [6.07, 6.45) is 3.02. The van der Waals surface area contributed by atoms with E-state index in [9.17, 15) is 9.59 Å². The van der Waals surface area contributed by atoms with E-state index in [-0.39, 0.29) is 28.9 Å². The number of ether oxygens (including phenoxy) is 1. The highest BCUT2D eigenvalue weighted by atomic mass is 16.5. The van der Waals surface area contributed by atoms with Crippen molar-refractivity contribution in [3.8, 4) is 0 Å². The van der Waals surface area contributed by atoms with Crippen molar-refractivity contribution in [1.29, 1.82) is 0 Å². The van der Waals surface area contributed by atoms with Crippen molar-refractivity contribution < 1.29 is 14.3 Å². The second-order valence-electron chi connectivity index (χ2n) is 6.58. The van der Waals surface area contributed by atoms with Crippen LogP contribution in [0.4, 0.5) is 0 Å². The van der Waals surface area contributed by atoms with E-state index < -0.39 is 0 Å². The number of rotatable bonds is 3. The topological polar surface area (TPSA) is 46.6 Å². The zero-order chi connectivity index (χ0) is 14.8. The molecule has 0 N–H and O–H groups in total. The lowest BCUT2D eigenvalue weighted by molar-refractivity contribution is -0.153. The molecule has 1 aliphatic heterocycles. The quantitative estimate of drug-likeness (QED) is 0.583. The Morgan fingerprint density at radius 1 is 1.26 bits per heavy atom. The van der Waals surface area contributed by atoms with E-state index >= 15 is 0 Å². The normalized spacial score (nSPS) is 21.8. The van der Waals surface area contributed by atoms with Crippen LogP contribution in [0.3, 0.4) is 0 Å². The zero-order valence-corrected chi connectivity index (χ0v) is 12.7. The number of hydrogen-bond donors (Lipinski definition) is 0. The fourth-order valence-corrected chi connectivity index (χ4v) is 3.53. The molecule has 0 spiro atoms. The Balaban J connectivity index is 2.90. The van der Waals surface area contributed by atoms with Crippen LogP contribution in [-0.2, 0) is 14.3 Å². The van der Waals surface area contributed by atoms with Crippen molar-refractivity contribution in [1.82, 2.24) is 4.90 Å². The molecule has 19 heavy (non-hydrogen) atoms. The van der Waals surface area contributed by atoms with E-state index in [1.807, 2.05) is 4.90 Å². The molecular weight excluding hydrogens is 242 g/mol. The van der Waals surface area contributed by atoms with Crippen molar-refractivity contribution in [2.45, 2.75) is 58.5 Å². The monoisotopic (exact) mass is 267 g/mol. The van der Waals surface area contributed by atoms with Crippen LogP contribution in [0.1, 0.15) is 47.5 Å². The Kier molecular flexibility index (Phi) is 4.43. The summed E-state index contributed by atoms with van der Waals surface area (Å²) in [7, 11) is 0. The summed E-state index contributed by atoms with van der Waals surface area (Å²) < 4.78 is 5.13. The third kappa shape index (κ3) is 3.58. The first-order chi connectivity index (χ1) is 8.60. The van der Waals surface area contributed by atoms with Crippen molar-refractivity contribution in [3.63, 3.8) is 0 Å². The molecule has 0 bridgehead atoms. The number of carbonyl (C=O) groups is 2.